The van der Waals surface area contributed by atoms with E-state index in [-0.39, 0.29) is 33.7 Å². The number of benzene rings is 1. The molecule has 4 atom stereocenters. The summed E-state index contributed by atoms with van der Waals surface area (Å²) in [6.07, 6.45) is -2.37. The van der Waals surface area contributed by atoms with E-state index in [2.05, 4.69) is 27.7 Å². The van der Waals surface area contributed by atoms with Crippen molar-refractivity contribution in [3.05, 3.63) is 29.8 Å². The molecule has 2 heterocycles. The standard InChI is InChI=1S/C25H44O8SSi2/c1-17(2)35(18(3)4)31-16-25(15-30-34(27,28)22-12-10-21(9)11-13-22)24(23(26)14-29-25)32-36(33-35,19(5)6)20(7)8/h10-13,17-20,23-24,26H,14-16H2,1-9H3/t23-,24?,25-/m1/s1/i14T/t14?,23-,24?,25-. The van der Waals surface area contributed by atoms with Crippen LogP contribution in [0, 0.1) is 6.92 Å². The van der Waals surface area contributed by atoms with Gasteiger partial charge in [0.2, 0.25) is 0 Å². The Morgan fingerprint density at radius 3 is 2.06 bits per heavy atom. The van der Waals surface area contributed by atoms with Gasteiger partial charge >= 0.3 is 17.1 Å². The van der Waals surface area contributed by atoms with Crippen LogP contribution in [0.1, 0.15) is 62.3 Å². The molecule has 206 valence electrons. The topological polar surface area (TPSA) is 101 Å². The normalized spacial score (nSPS) is 30.9. The summed E-state index contributed by atoms with van der Waals surface area (Å²) in [5.41, 5.74) is -0.479. The van der Waals surface area contributed by atoms with Gasteiger partial charge in [0.15, 0.2) is 0 Å². The molecule has 2 unspecified atom stereocenters. The second-order valence-corrected chi connectivity index (χ2v) is 21.8. The van der Waals surface area contributed by atoms with Crippen molar-refractivity contribution in [3.63, 3.8) is 0 Å². The summed E-state index contributed by atoms with van der Waals surface area (Å²) in [5.74, 6) is 0. The molecule has 36 heavy (non-hydrogen) atoms. The number of fused-ring (bicyclic) bond motifs is 1. The molecule has 0 bridgehead atoms. The predicted octanol–water partition coefficient (Wildman–Crippen LogP) is 4.79. The number of hydrogen-bond donors (Lipinski definition) is 1. The molecule has 1 aromatic rings. The van der Waals surface area contributed by atoms with Crippen molar-refractivity contribution in [2.75, 3.05) is 19.8 Å². The average Bonchev–Trinajstić information content (AvgIpc) is 3.01. The quantitative estimate of drug-likeness (QED) is 0.357. The second-order valence-electron chi connectivity index (χ2n) is 11.3. The smallest absolute Gasteiger partial charge is 0.335 e. The molecule has 0 spiro atoms. The lowest BCUT2D eigenvalue weighted by molar-refractivity contribution is -0.124. The van der Waals surface area contributed by atoms with E-state index >= 15 is 0 Å². The number of hydrogen-bond acceptors (Lipinski definition) is 8. The maximum atomic E-state index is 13.1. The monoisotopic (exact) mass is 562 g/mol. The van der Waals surface area contributed by atoms with Crippen LogP contribution in [0.15, 0.2) is 29.2 Å². The zero-order valence-corrected chi connectivity index (χ0v) is 25.8. The summed E-state index contributed by atoms with van der Waals surface area (Å²) >= 11 is 0. The van der Waals surface area contributed by atoms with E-state index in [0.29, 0.717) is 0 Å². The number of aliphatic hydroxyl groups is 1. The summed E-state index contributed by atoms with van der Waals surface area (Å²) in [7, 11) is -10.2. The highest BCUT2D eigenvalue weighted by Gasteiger charge is 2.64. The molecule has 3 rings (SSSR count). The molecule has 2 aliphatic rings. The van der Waals surface area contributed by atoms with Crippen LogP contribution in [0.5, 0.6) is 0 Å². The van der Waals surface area contributed by atoms with Gasteiger partial charge in [0.1, 0.15) is 24.4 Å². The Morgan fingerprint density at radius 2 is 1.56 bits per heavy atom. The maximum absolute atomic E-state index is 13.1. The molecule has 0 aliphatic carbocycles. The van der Waals surface area contributed by atoms with Crippen LogP contribution >= 0.6 is 0 Å². The van der Waals surface area contributed by atoms with Crippen LogP contribution in [0.4, 0.5) is 0 Å². The Bertz CT molecular complexity index is 1020. The van der Waals surface area contributed by atoms with E-state index in [1.165, 1.54) is 12.1 Å². The molecule has 0 radical (unpaired) electrons. The summed E-state index contributed by atoms with van der Waals surface area (Å²) in [6, 6.07) is 6.37. The van der Waals surface area contributed by atoms with E-state index < -0.39 is 58.2 Å². The number of aliphatic hydroxyl groups excluding tert-OH is 1. The lowest BCUT2D eigenvalue weighted by Gasteiger charge is -2.53. The van der Waals surface area contributed by atoms with E-state index in [4.69, 9.17) is 23.3 Å². The van der Waals surface area contributed by atoms with Gasteiger partial charge in [-0.15, -0.1) is 0 Å². The van der Waals surface area contributed by atoms with Gasteiger partial charge in [-0.25, -0.2) is 0 Å². The fraction of sp³-hybridized carbons (Fsp3) is 0.760. The second kappa shape index (κ2) is 10.9. The Morgan fingerprint density at radius 1 is 1.03 bits per heavy atom. The van der Waals surface area contributed by atoms with Crippen LogP contribution in [0.25, 0.3) is 0 Å². The van der Waals surface area contributed by atoms with Crippen molar-refractivity contribution < 1.29 is 36.8 Å². The first kappa shape index (κ1) is 28.4. The van der Waals surface area contributed by atoms with Gasteiger partial charge in [-0.3, -0.25) is 4.18 Å². The van der Waals surface area contributed by atoms with E-state index in [1.807, 2.05) is 34.6 Å². The van der Waals surface area contributed by atoms with Gasteiger partial charge in [0.05, 0.1) is 19.5 Å². The molecule has 2 fully saturated rings. The number of aryl methyl sites for hydroxylation is 1. The van der Waals surface area contributed by atoms with Gasteiger partial charge in [-0.2, -0.15) is 8.42 Å². The molecular weight excluding hydrogens is 517 g/mol. The Hall–Kier alpha value is -0.636. The molecule has 11 heteroatoms. The fourth-order valence-corrected chi connectivity index (χ4v) is 17.5. The Kier molecular flexibility index (Phi) is 8.56. The van der Waals surface area contributed by atoms with E-state index in [9.17, 15) is 13.5 Å². The minimum atomic E-state index is -4.14. The first-order chi connectivity index (χ1) is 17.0. The third kappa shape index (κ3) is 5.41. The molecule has 1 aromatic carbocycles. The molecule has 0 amide bonds. The molecule has 1 N–H and O–H groups in total. The summed E-state index contributed by atoms with van der Waals surface area (Å²) in [4.78, 5) is 0.0178. The highest BCUT2D eigenvalue weighted by molar-refractivity contribution is 7.86. The van der Waals surface area contributed by atoms with Crippen LogP contribution in [-0.4, -0.2) is 68.3 Å². The van der Waals surface area contributed by atoms with Crippen molar-refractivity contribution in [2.24, 2.45) is 0 Å². The van der Waals surface area contributed by atoms with Gasteiger partial charge in [-0.05, 0) is 41.2 Å². The molecule has 0 aromatic heterocycles. The van der Waals surface area contributed by atoms with Crippen molar-refractivity contribution >= 4 is 27.2 Å². The minimum Gasteiger partial charge on any atom is -0.414 e. The van der Waals surface area contributed by atoms with Crippen molar-refractivity contribution in [1.82, 2.24) is 0 Å². The van der Waals surface area contributed by atoms with Crippen molar-refractivity contribution in [2.45, 2.75) is 107 Å². The fourth-order valence-electron chi connectivity index (χ4n) is 5.20. The third-order valence-corrected chi connectivity index (χ3v) is 18.9. The highest BCUT2D eigenvalue weighted by atomic mass is 32.2. The molecule has 8 nitrogen and oxygen atoms in total. The Balaban J connectivity index is 2.10. The molecule has 2 aliphatic heterocycles. The van der Waals surface area contributed by atoms with Crippen LogP contribution in [0.2, 0.25) is 22.2 Å². The molecule has 2 saturated heterocycles. The average molecular weight is 563 g/mol. The summed E-state index contributed by atoms with van der Waals surface area (Å²) in [5, 5.41) is 11.1. The van der Waals surface area contributed by atoms with Crippen molar-refractivity contribution in [1.29, 1.82) is 0 Å². The van der Waals surface area contributed by atoms with Gasteiger partial charge in [0, 0.05) is 0 Å². The zero-order valence-electron chi connectivity index (χ0n) is 24.0. The number of ether oxygens (including phenoxy) is 1. The SMILES string of the molecule is [3H]C1O[C@]2(COS(=O)(=O)c3ccc(C)cc3)CO[Si](C(C)C)(C(C)C)O[Si](C(C)C)(C(C)C)OC2[C@@H]1O. The highest BCUT2D eigenvalue weighted by Crippen LogP contribution is 2.49. The van der Waals surface area contributed by atoms with Crippen LogP contribution in [-0.2, 0) is 32.0 Å². The largest absolute Gasteiger partial charge is 0.414 e. The summed E-state index contributed by atoms with van der Waals surface area (Å²) < 4.78 is 66.9. The van der Waals surface area contributed by atoms with Crippen LogP contribution in [0.3, 0.4) is 0 Å². The molecular formula is C25H44O8SSi2. The lowest BCUT2D eigenvalue weighted by Crippen LogP contribution is -2.69. The zero-order chi connectivity index (χ0) is 28.0. The maximum Gasteiger partial charge on any atom is 0.335 e. The number of rotatable bonds is 8. The van der Waals surface area contributed by atoms with Crippen LogP contribution < -0.4 is 0 Å². The lowest BCUT2D eigenvalue weighted by atomic mass is 9.98. The van der Waals surface area contributed by atoms with Crippen molar-refractivity contribution in [3.8, 4) is 0 Å². The van der Waals surface area contributed by atoms with Gasteiger partial charge < -0.3 is 22.8 Å². The van der Waals surface area contributed by atoms with E-state index in [0.717, 1.165) is 5.56 Å². The molecule has 0 saturated carbocycles. The first-order valence-electron chi connectivity index (χ1n) is 13.4. The minimum absolute atomic E-state index is 0.00883. The summed E-state index contributed by atoms with van der Waals surface area (Å²) in [6.45, 7) is 16.5. The van der Waals surface area contributed by atoms with Gasteiger partial charge in [-0.1, -0.05) is 73.1 Å². The first-order valence-corrected chi connectivity index (χ1v) is 18.1. The van der Waals surface area contributed by atoms with E-state index in [1.54, 1.807) is 12.1 Å². The van der Waals surface area contributed by atoms with Gasteiger partial charge in [0.25, 0.3) is 10.1 Å². The predicted molar refractivity (Wildman–Crippen MR) is 143 cm³/mol. The third-order valence-electron chi connectivity index (χ3n) is 7.43. The Labute approximate surface area is 220 Å².